The lowest BCUT2D eigenvalue weighted by Gasteiger charge is -2.21. The van der Waals surface area contributed by atoms with Crippen molar-refractivity contribution in [3.05, 3.63) is 70.3 Å². The predicted octanol–water partition coefficient (Wildman–Crippen LogP) is 3.94. The smallest absolute Gasteiger partial charge is 0.248 e. The zero-order chi connectivity index (χ0) is 15.8. The fourth-order valence-electron chi connectivity index (χ4n) is 2.99. The lowest BCUT2D eigenvalue weighted by molar-refractivity contribution is -0.122. The van der Waals surface area contributed by atoms with Crippen molar-refractivity contribution in [1.82, 2.24) is 10.4 Å². The number of nitrogens with zero attached hydrogens (tertiary/aromatic N) is 1. The van der Waals surface area contributed by atoms with Gasteiger partial charge in [0, 0.05) is 28.0 Å². The number of hydrogen-bond donors (Lipinski definition) is 2. The number of rotatable bonds is 2. The average molecular weight is 368 g/mol. The Morgan fingerprint density at radius 1 is 1.09 bits per heavy atom. The molecule has 0 saturated carbocycles. The number of carbonyl (C=O) groups excluding carboxylic acids is 1. The summed E-state index contributed by atoms with van der Waals surface area (Å²) in [7, 11) is 0. The first-order valence-electron chi connectivity index (χ1n) is 7.41. The SMILES string of the molecule is O=C1NN=C(c2ccc(Br)cc2)CC1c1c[nH]c2ccccc12. The molecular formula is C18H14BrN3O. The maximum Gasteiger partial charge on any atom is 0.248 e. The normalized spacial score (nSPS) is 17.9. The van der Waals surface area contributed by atoms with E-state index in [1.54, 1.807) is 0 Å². The van der Waals surface area contributed by atoms with Gasteiger partial charge in [-0.05, 0) is 29.3 Å². The van der Waals surface area contributed by atoms with Gasteiger partial charge in [0.1, 0.15) is 0 Å². The molecule has 114 valence electrons. The summed E-state index contributed by atoms with van der Waals surface area (Å²) < 4.78 is 1.02. The number of hydrogen-bond acceptors (Lipinski definition) is 2. The zero-order valence-corrected chi connectivity index (χ0v) is 13.8. The molecule has 4 nitrogen and oxygen atoms in total. The van der Waals surface area contributed by atoms with Gasteiger partial charge in [-0.2, -0.15) is 5.10 Å². The highest BCUT2D eigenvalue weighted by Gasteiger charge is 2.29. The van der Waals surface area contributed by atoms with Crippen molar-refractivity contribution in [2.75, 3.05) is 0 Å². The Morgan fingerprint density at radius 3 is 2.70 bits per heavy atom. The summed E-state index contributed by atoms with van der Waals surface area (Å²) in [6, 6.07) is 16.0. The first-order chi connectivity index (χ1) is 11.2. The predicted molar refractivity (Wildman–Crippen MR) is 94.5 cm³/mol. The molecule has 5 heteroatoms. The van der Waals surface area contributed by atoms with E-state index in [4.69, 9.17) is 0 Å². The summed E-state index contributed by atoms with van der Waals surface area (Å²) in [6.07, 6.45) is 2.52. The molecule has 0 saturated heterocycles. The lowest BCUT2D eigenvalue weighted by Crippen LogP contribution is -2.33. The van der Waals surface area contributed by atoms with Crippen LogP contribution >= 0.6 is 15.9 Å². The van der Waals surface area contributed by atoms with Crippen molar-refractivity contribution in [2.24, 2.45) is 5.10 Å². The van der Waals surface area contributed by atoms with Crippen LogP contribution in [0.15, 0.2) is 64.3 Å². The molecule has 0 spiro atoms. The minimum absolute atomic E-state index is 0.0596. The van der Waals surface area contributed by atoms with Crippen LogP contribution in [0.1, 0.15) is 23.5 Å². The van der Waals surface area contributed by atoms with Crippen LogP contribution in [-0.2, 0) is 4.79 Å². The molecule has 1 atom stereocenters. The Bertz CT molecular complexity index is 911. The fraction of sp³-hybridized carbons (Fsp3) is 0.111. The molecule has 2 aromatic carbocycles. The van der Waals surface area contributed by atoms with Crippen LogP contribution in [-0.4, -0.2) is 16.6 Å². The van der Waals surface area contributed by atoms with Gasteiger partial charge in [0.25, 0.3) is 0 Å². The summed E-state index contributed by atoms with van der Waals surface area (Å²) in [5.74, 6) is -0.294. The molecule has 0 aliphatic carbocycles. The number of halogens is 1. The molecule has 1 unspecified atom stereocenters. The molecular weight excluding hydrogens is 354 g/mol. The quantitative estimate of drug-likeness (QED) is 0.707. The number of aromatic nitrogens is 1. The number of benzene rings is 2. The van der Waals surface area contributed by atoms with Crippen molar-refractivity contribution in [3.8, 4) is 0 Å². The van der Waals surface area contributed by atoms with Crippen LogP contribution in [0.5, 0.6) is 0 Å². The number of hydrazone groups is 1. The monoisotopic (exact) mass is 367 g/mol. The molecule has 0 bridgehead atoms. The average Bonchev–Trinajstić information content (AvgIpc) is 3.00. The largest absolute Gasteiger partial charge is 0.361 e. The van der Waals surface area contributed by atoms with E-state index in [0.717, 1.165) is 32.2 Å². The van der Waals surface area contributed by atoms with E-state index in [1.807, 2.05) is 54.7 Å². The molecule has 0 fully saturated rings. The van der Waals surface area contributed by atoms with Crippen molar-refractivity contribution in [3.63, 3.8) is 0 Å². The highest BCUT2D eigenvalue weighted by Crippen LogP contribution is 2.31. The summed E-state index contributed by atoms with van der Waals surface area (Å²) in [5.41, 5.74) is 6.65. The van der Waals surface area contributed by atoms with Gasteiger partial charge in [0.15, 0.2) is 0 Å². The highest BCUT2D eigenvalue weighted by molar-refractivity contribution is 9.10. The van der Waals surface area contributed by atoms with Crippen LogP contribution in [0.25, 0.3) is 10.9 Å². The third-order valence-electron chi connectivity index (χ3n) is 4.19. The van der Waals surface area contributed by atoms with Gasteiger partial charge in [-0.15, -0.1) is 0 Å². The Morgan fingerprint density at radius 2 is 1.87 bits per heavy atom. The first-order valence-corrected chi connectivity index (χ1v) is 8.20. The second-order valence-corrected chi connectivity index (χ2v) is 6.50. The third kappa shape index (κ3) is 2.57. The summed E-state index contributed by atoms with van der Waals surface area (Å²) in [4.78, 5) is 15.6. The third-order valence-corrected chi connectivity index (χ3v) is 4.72. The Balaban J connectivity index is 1.71. The molecule has 1 amide bonds. The van der Waals surface area contributed by atoms with E-state index in [-0.39, 0.29) is 11.8 Å². The van der Waals surface area contributed by atoms with E-state index >= 15 is 0 Å². The standard InChI is InChI=1S/C18H14BrN3O/c19-12-7-5-11(6-8-12)17-9-14(18(23)22-21-17)15-10-20-16-4-2-1-3-13(15)16/h1-8,10,14,20H,9H2,(H,22,23). The fourth-order valence-corrected chi connectivity index (χ4v) is 3.25. The maximum atomic E-state index is 12.3. The Labute approximate surface area is 141 Å². The van der Waals surface area contributed by atoms with Gasteiger partial charge in [-0.3, -0.25) is 4.79 Å². The second kappa shape index (κ2) is 5.66. The van der Waals surface area contributed by atoms with Crippen molar-refractivity contribution >= 4 is 38.5 Å². The van der Waals surface area contributed by atoms with Crippen LogP contribution < -0.4 is 5.43 Å². The highest BCUT2D eigenvalue weighted by atomic mass is 79.9. The Hall–Kier alpha value is -2.40. The first kappa shape index (κ1) is 14.2. The number of fused-ring (bicyclic) bond motifs is 1. The van der Waals surface area contributed by atoms with E-state index in [2.05, 4.69) is 31.4 Å². The van der Waals surface area contributed by atoms with Gasteiger partial charge in [-0.25, -0.2) is 5.43 Å². The molecule has 2 heterocycles. The van der Waals surface area contributed by atoms with Crippen LogP contribution in [0.4, 0.5) is 0 Å². The van der Waals surface area contributed by atoms with Crippen LogP contribution in [0.2, 0.25) is 0 Å². The van der Waals surface area contributed by atoms with E-state index in [1.165, 1.54) is 0 Å². The zero-order valence-electron chi connectivity index (χ0n) is 12.2. The van der Waals surface area contributed by atoms with Crippen molar-refractivity contribution < 1.29 is 4.79 Å². The summed E-state index contributed by atoms with van der Waals surface area (Å²) >= 11 is 3.44. The number of H-pyrrole nitrogens is 1. The summed E-state index contributed by atoms with van der Waals surface area (Å²) in [6.45, 7) is 0. The number of carbonyl (C=O) groups is 1. The van der Waals surface area contributed by atoms with E-state index in [0.29, 0.717) is 6.42 Å². The molecule has 1 aliphatic rings. The minimum atomic E-state index is -0.234. The number of amides is 1. The van der Waals surface area contributed by atoms with Gasteiger partial charge in [0.05, 0.1) is 11.6 Å². The number of aromatic amines is 1. The number of nitrogens with one attached hydrogen (secondary N) is 2. The van der Waals surface area contributed by atoms with Crippen LogP contribution in [0.3, 0.4) is 0 Å². The van der Waals surface area contributed by atoms with Gasteiger partial charge in [-0.1, -0.05) is 46.3 Å². The molecule has 0 radical (unpaired) electrons. The molecule has 1 aliphatic heterocycles. The van der Waals surface area contributed by atoms with E-state index < -0.39 is 0 Å². The van der Waals surface area contributed by atoms with Gasteiger partial charge < -0.3 is 4.98 Å². The molecule has 4 rings (SSSR count). The molecule has 23 heavy (non-hydrogen) atoms. The second-order valence-electron chi connectivity index (χ2n) is 5.59. The minimum Gasteiger partial charge on any atom is -0.361 e. The van der Waals surface area contributed by atoms with Crippen molar-refractivity contribution in [2.45, 2.75) is 12.3 Å². The molecule has 1 aromatic heterocycles. The lowest BCUT2D eigenvalue weighted by atomic mass is 9.89. The van der Waals surface area contributed by atoms with E-state index in [9.17, 15) is 4.79 Å². The van der Waals surface area contributed by atoms with Crippen molar-refractivity contribution in [1.29, 1.82) is 0 Å². The summed E-state index contributed by atoms with van der Waals surface area (Å²) in [5, 5.41) is 5.33. The molecule has 3 aromatic rings. The van der Waals surface area contributed by atoms with Gasteiger partial charge >= 0.3 is 0 Å². The van der Waals surface area contributed by atoms with Crippen LogP contribution in [0, 0.1) is 0 Å². The molecule has 2 N–H and O–H groups in total. The van der Waals surface area contributed by atoms with Gasteiger partial charge in [0.2, 0.25) is 5.91 Å². The Kier molecular flexibility index (Phi) is 3.50. The topological polar surface area (TPSA) is 57.2 Å². The maximum absolute atomic E-state index is 12.3. The number of para-hydroxylation sites is 1.